The van der Waals surface area contributed by atoms with Gasteiger partial charge in [-0.2, -0.15) is 0 Å². The van der Waals surface area contributed by atoms with Crippen molar-refractivity contribution in [1.29, 1.82) is 0 Å². The zero-order chi connectivity index (χ0) is 10.9. The molecule has 0 spiro atoms. The Morgan fingerprint density at radius 3 is 2.73 bits per heavy atom. The van der Waals surface area contributed by atoms with Crippen molar-refractivity contribution >= 4 is 10.0 Å². The summed E-state index contributed by atoms with van der Waals surface area (Å²) in [5.74, 6) is 1.12. The predicted octanol–water partition coefficient (Wildman–Crippen LogP) is 0.314. The molecule has 0 radical (unpaired) electrons. The lowest BCUT2D eigenvalue weighted by Gasteiger charge is -2.22. The minimum absolute atomic E-state index is 0.214. The third-order valence-corrected chi connectivity index (χ3v) is 4.87. The highest BCUT2D eigenvalue weighted by Crippen LogP contribution is 2.30. The van der Waals surface area contributed by atoms with Crippen LogP contribution in [0.25, 0.3) is 0 Å². The van der Waals surface area contributed by atoms with Gasteiger partial charge in [-0.15, -0.1) is 0 Å². The molecule has 0 aromatic carbocycles. The van der Waals surface area contributed by atoms with Gasteiger partial charge in [-0.1, -0.05) is 6.92 Å². The van der Waals surface area contributed by atoms with Crippen molar-refractivity contribution < 1.29 is 8.42 Å². The molecule has 1 heterocycles. The first kappa shape index (κ1) is 11.4. The lowest BCUT2D eigenvalue weighted by Crippen LogP contribution is -2.38. The van der Waals surface area contributed by atoms with Crippen molar-refractivity contribution in [3.05, 3.63) is 0 Å². The molecule has 2 rings (SSSR count). The average Bonchev–Trinajstić information content (AvgIpc) is 2.81. The summed E-state index contributed by atoms with van der Waals surface area (Å²) in [6.45, 7) is 3.96. The van der Waals surface area contributed by atoms with Crippen LogP contribution in [0.1, 0.15) is 26.2 Å². The minimum Gasteiger partial charge on any atom is -0.316 e. The lowest BCUT2D eigenvalue weighted by atomic mass is 10.0. The fourth-order valence-corrected chi connectivity index (χ4v) is 3.93. The van der Waals surface area contributed by atoms with Crippen molar-refractivity contribution in [2.24, 2.45) is 11.8 Å². The average molecular weight is 232 g/mol. The molecule has 1 aliphatic heterocycles. The summed E-state index contributed by atoms with van der Waals surface area (Å²) in [4.78, 5) is 0. The quantitative estimate of drug-likeness (QED) is 0.733. The molecular weight excluding hydrogens is 212 g/mol. The van der Waals surface area contributed by atoms with Crippen LogP contribution in [-0.4, -0.2) is 33.3 Å². The third-order valence-electron chi connectivity index (χ3n) is 3.29. The topological polar surface area (TPSA) is 58.2 Å². The van der Waals surface area contributed by atoms with Gasteiger partial charge in [0.25, 0.3) is 0 Å². The van der Waals surface area contributed by atoms with Gasteiger partial charge in [0.05, 0.1) is 5.75 Å². The van der Waals surface area contributed by atoms with Gasteiger partial charge in [-0.05, 0) is 44.2 Å². The summed E-state index contributed by atoms with van der Waals surface area (Å²) in [6.07, 6.45) is 3.14. The molecule has 3 unspecified atom stereocenters. The first-order chi connectivity index (χ1) is 7.07. The molecule has 1 saturated heterocycles. The van der Waals surface area contributed by atoms with Crippen LogP contribution in [0.3, 0.4) is 0 Å². The Morgan fingerprint density at radius 1 is 1.47 bits per heavy atom. The van der Waals surface area contributed by atoms with Crippen LogP contribution in [0, 0.1) is 11.8 Å². The maximum absolute atomic E-state index is 11.8. The van der Waals surface area contributed by atoms with Gasteiger partial charge in [0, 0.05) is 6.04 Å². The van der Waals surface area contributed by atoms with E-state index in [1.54, 1.807) is 0 Å². The Hall–Kier alpha value is -0.130. The summed E-state index contributed by atoms with van der Waals surface area (Å²) >= 11 is 0. The van der Waals surface area contributed by atoms with Crippen LogP contribution < -0.4 is 10.0 Å². The smallest absolute Gasteiger partial charge is 0.212 e. The second kappa shape index (κ2) is 4.39. The number of hydrogen-bond donors (Lipinski definition) is 2. The maximum atomic E-state index is 11.8. The zero-order valence-corrected chi connectivity index (χ0v) is 10.0. The standard InChI is InChI=1S/C10H20N2O2S/c1-8-5-10(8)12-15(13,14)7-9-3-2-4-11-6-9/h8-12H,2-7H2,1H3. The molecule has 5 heteroatoms. The number of nitrogens with one attached hydrogen (secondary N) is 2. The van der Waals surface area contributed by atoms with E-state index in [1.165, 1.54) is 0 Å². The fourth-order valence-electron chi connectivity index (χ4n) is 2.14. The summed E-state index contributed by atoms with van der Waals surface area (Å²) in [5.41, 5.74) is 0. The molecule has 88 valence electrons. The van der Waals surface area contributed by atoms with Crippen molar-refractivity contribution in [3.63, 3.8) is 0 Å². The fraction of sp³-hybridized carbons (Fsp3) is 1.00. The zero-order valence-electron chi connectivity index (χ0n) is 9.20. The lowest BCUT2D eigenvalue weighted by molar-refractivity contribution is 0.402. The molecule has 3 atom stereocenters. The second-order valence-electron chi connectivity index (χ2n) is 4.93. The molecule has 0 amide bonds. The maximum Gasteiger partial charge on any atom is 0.212 e. The van der Waals surface area contributed by atoms with E-state index in [-0.39, 0.29) is 6.04 Å². The van der Waals surface area contributed by atoms with E-state index in [2.05, 4.69) is 17.0 Å². The van der Waals surface area contributed by atoms with Crippen LogP contribution in [0.4, 0.5) is 0 Å². The summed E-state index contributed by atoms with van der Waals surface area (Å²) < 4.78 is 26.3. The molecule has 1 saturated carbocycles. The van der Waals surface area contributed by atoms with E-state index < -0.39 is 10.0 Å². The van der Waals surface area contributed by atoms with E-state index in [1.807, 2.05) is 0 Å². The Bertz CT molecular complexity index is 309. The van der Waals surface area contributed by atoms with Gasteiger partial charge < -0.3 is 5.32 Å². The highest BCUT2D eigenvalue weighted by Gasteiger charge is 2.36. The molecular formula is C10H20N2O2S. The normalized spacial score (nSPS) is 36.5. The van der Waals surface area contributed by atoms with E-state index in [0.717, 1.165) is 32.4 Å². The summed E-state index contributed by atoms with van der Waals surface area (Å²) in [5, 5.41) is 3.24. The summed E-state index contributed by atoms with van der Waals surface area (Å²) in [6, 6.07) is 0.214. The first-order valence-electron chi connectivity index (χ1n) is 5.77. The van der Waals surface area contributed by atoms with Crippen molar-refractivity contribution in [2.45, 2.75) is 32.2 Å². The largest absolute Gasteiger partial charge is 0.316 e. The molecule has 2 fully saturated rings. The highest BCUT2D eigenvalue weighted by molar-refractivity contribution is 7.89. The predicted molar refractivity (Wildman–Crippen MR) is 60.1 cm³/mol. The molecule has 0 aromatic heterocycles. The number of piperidine rings is 1. The molecule has 15 heavy (non-hydrogen) atoms. The van der Waals surface area contributed by atoms with Crippen molar-refractivity contribution in [1.82, 2.24) is 10.0 Å². The van der Waals surface area contributed by atoms with Crippen LogP contribution in [0.2, 0.25) is 0 Å². The van der Waals surface area contributed by atoms with E-state index in [9.17, 15) is 8.42 Å². The number of hydrogen-bond acceptors (Lipinski definition) is 3. The third kappa shape index (κ3) is 3.43. The van der Waals surface area contributed by atoms with Crippen LogP contribution >= 0.6 is 0 Å². The number of rotatable bonds is 4. The molecule has 4 nitrogen and oxygen atoms in total. The van der Waals surface area contributed by atoms with E-state index in [4.69, 9.17) is 0 Å². The Balaban J connectivity index is 1.80. The number of sulfonamides is 1. The van der Waals surface area contributed by atoms with Crippen molar-refractivity contribution in [2.75, 3.05) is 18.8 Å². The molecule has 1 aliphatic carbocycles. The Kier molecular flexibility index (Phi) is 3.33. The monoisotopic (exact) mass is 232 g/mol. The molecule has 0 aromatic rings. The van der Waals surface area contributed by atoms with Gasteiger partial charge in [0.2, 0.25) is 10.0 Å². The molecule has 0 bridgehead atoms. The molecule has 2 aliphatic rings. The van der Waals surface area contributed by atoms with Crippen LogP contribution in [-0.2, 0) is 10.0 Å². The minimum atomic E-state index is -3.04. The van der Waals surface area contributed by atoms with Gasteiger partial charge in [-0.25, -0.2) is 13.1 Å². The van der Waals surface area contributed by atoms with Gasteiger partial charge in [-0.3, -0.25) is 0 Å². The van der Waals surface area contributed by atoms with Gasteiger partial charge in [0.1, 0.15) is 0 Å². The SMILES string of the molecule is CC1CC1NS(=O)(=O)CC1CCCNC1. The van der Waals surface area contributed by atoms with E-state index in [0.29, 0.717) is 17.6 Å². The Labute approximate surface area is 91.9 Å². The molecule has 2 N–H and O–H groups in total. The van der Waals surface area contributed by atoms with Crippen molar-refractivity contribution in [3.8, 4) is 0 Å². The second-order valence-corrected chi connectivity index (χ2v) is 6.73. The highest BCUT2D eigenvalue weighted by atomic mass is 32.2. The van der Waals surface area contributed by atoms with Gasteiger partial charge >= 0.3 is 0 Å². The van der Waals surface area contributed by atoms with Crippen LogP contribution in [0.5, 0.6) is 0 Å². The summed E-state index contributed by atoms with van der Waals surface area (Å²) in [7, 11) is -3.04. The Morgan fingerprint density at radius 2 is 2.20 bits per heavy atom. The first-order valence-corrected chi connectivity index (χ1v) is 7.43. The van der Waals surface area contributed by atoms with E-state index >= 15 is 0 Å². The van der Waals surface area contributed by atoms with Gasteiger partial charge in [0.15, 0.2) is 0 Å². The van der Waals surface area contributed by atoms with Crippen LogP contribution in [0.15, 0.2) is 0 Å².